The van der Waals surface area contributed by atoms with E-state index in [1.54, 1.807) is 0 Å². The molecule has 2 N–H and O–H groups in total. The summed E-state index contributed by atoms with van der Waals surface area (Å²) in [6.07, 6.45) is 7.11. The van der Waals surface area contributed by atoms with E-state index in [0.29, 0.717) is 0 Å². The first kappa shape index (κ1) is 21.8. The summed E-state index contributed by atoms with van der Waals surface area (Å²) in [5, 5.41) is 6.74. The van der Waals surface area contributed by atoms with Crippen LogP contribution >= 0.6 is 0 Å². The predicted molar refractivity (Wildman–Crippen MR) is 117 cm³/mol. The van der Waals surface area contributed by atoms with E-state index in [-0.39, 0.29) is 0 Å². The van der Waals surface area contributed by atoms with Gasteiger partial charge in [-0.1, -0.05) is 56.5 Å². The third kappa shape index (κ3) is 9.93. The fourth-order valence-corrected chi connectivity index (χ4v) is 2.76. The molecule has 1 rings (SSSR count). The highest BCUT2D eigenvalue weighted by atomic mass is 14.9. The van der Waals surface area contributed by atoms with Gasteiger partial charge >= 0.3 is 0 Å². The highest BCUT2D eigenvalue weighted by Gasteiger charge is 2.01. The first-order valence-corrected chi connectivity index (χ1v) is 9.67. The van der Waals surface area contributed by atoms with Gasteiger partial charge in [0.15, 0.2) is 0 Å². The van der Waals surface area contributed by atoms with Crippen molar-refractivity contribution in [3.8, 4) is 0 Å². The van der Waals surface area contributed by atoms with Crippen LogP contribution in [0.5, 0.6) is 0 Å². The molecule has 0 aromatic heterocycles. The van der Waals surface area contributed by atoms with E-state index in [9.17, 15) is 0 Å². The van der Waals surface area contributed by atoms with Crippen LogP contribution < -0.4 is 10.6 Å². The second-order valence-corrected chi connectivity index (χ2v) is 7.19. The van der Waals surface area contributed by atoms with Crippen LogP contribution in [0.2, 0.25) is 0 Å². The second-order valence-electron chi connectivity index (χ2n) is 7.19. The van der Waals surface area contributed by atoms with Crippen LogP contribution in [0.1, 0.15) is 57.9 Å². The molecule has 0 radical (unpaired) electrons. The van der Waals surface area contributed by atoms with Crippen molar-refractivity contribution in [2.24, 2.45) is 0 Å². The molecule has 0 fully saturated rings. The van der Waals surface area contributed by atoms with Gasteiger partial charge in [-0.15, -0.1) is 0 Å². The monoisotopic (exact) mass is 352 g/mol. The maximum absolute atomic E-state index is 4.14. The molecule has 26 heavy (non-hydrogen) atoms. The first-order chi connectivity index (χ1) is 12.4. The number of rotatable bonds is 14. The summed E-state index contributed by atoms with van der Waals surface area (Å²) in [5.74, 6) is 0. The van der Waals surface area contributed by atoms with Crippen molar-refractivity contribution in [2.45, 2.75) is 58.8 Å². The van der Waals surface area contributed by atoms with Crippen molar-refractivity contribution in [3.05, 3.63) is 78.7 Å². The summed E-state index contributed by atoms with van der Waals surface area (Å²) < 4.78 is 0. The van der Waals surface area contributed by atoms with Crippen LogP contribution in [0, 0.1) is 0 Å². The van der Waals surface area contributed by atoms with Gasteiger partial charge in [-0.3, -0.25) is 0 Å². The Labute approximate surface area is 160 Å². The normalized spacial score (nSPS) is 10.2. The number of anilines is 1. The number of aryl methyl sites for hydroxylation is 1. The molecule has 2 heteroatoms. The SMILES string of the molecule is C=C(C)CC(=C)CCc1ccc(NC(=C)CCCC(=C)NCCC)cc1. The highest BCUT2D eigenvalue weighted by Crippen LogP contribution is 2.18. The first-order valence-electron chi connectivity index (χ1n) is 9.67. The molecule has 0 aliphatic carbocycles. The summed E-state index contributed by atoms with van der Waals surface area (Å²) >= 11 is 0. The molecule has 1 aromatic rings. The Morgan fingerprint density at radius 1 is 0.923 bits per heavy atom. The molecule has 0 atom stereocenters. The van der Waals surface area contributed by atoms with Gasteiger partial charge < -0.3 is 10.6 Å². The minimum Gasteiger partial charge on any atom is -0.389 e. The number of benzene rings is 1. The van der Waals surface area contributed by atoms with Gasteiger partial charge in [0.25, 0.3) is 0 Å². The summed E-state index contributed by atoms with van der Waals surface area (Å²) in [4.78, 5) is 0. The van der Waals surface area contributed by atoms with Gasteiger partial charge in [0.2, 0.25) is 0 Å². The van der Waals surface area contributed by atoms with Crippen molar-refractivity contribution in [1.29, 1.82) is 0 Å². The van der Waals surface area contributed by atoms with E-state index in [1.165, 1.54) is 16.7 Å². The average Bonchev–Trinajstić information content (AvgIpc) is 2.58. The molecule has 0 amide bonds. The summed E-state index contributed by atoms with van der Waals surface area (Å²) in [6, 6.07) is 8.62. The van der Waals surface area contributed by atoms with Gasteiger partial charge in [-0.05, 0) is 69.6 Å². The molecule has 0 aliphatic rings. The third-order valence-corrected chi connectivity index (χ3v) is 4.18. The molecule has 0 saturated heterocycles. The number of nitrogens with one attached hydrogen (secondary N) is 2. The van der Waals surface area contributed by atoms with Gasteiger partial charge in [0.1, 0.15) is 0 Å². The molecule has 142 valence electrons. The zero-order valence-electron chi connectivity index (χ0n) is 16.8. The van der Waals surface area contributed by atoms with Crippen molar-refractivity contribution < 1.29 is 0 Å². The topological polar surface area (TPSA) is 24.1 Å². The summed E-state index contributed by atoms with van der Waals surface area (Å²) in [6.45, 7) is 21.5. The average molecular weight is 353 g/mol. The second kappa shape index (κ2) is 12.2. The molecule has 0 unspecified atom stereocenters. The van der Waals surface area contributed by atoms with Gasteiger partial charge in [-0.25, -0.2) is 0 Å². The van der Waals surface area contributed by atoms with E-state index in [4.69, 9.17) is 0 Å². The van der Waals surface area contributed by atoms with Crippen LogP contribution in [0.4, 0.5) is 5.69 Å². The number of allylic oxidation sites excluding steroid dienone is 4. The van der Waals surface area contributed by atoms with Gasteiger partial charge in [0.05, 0.1) is 0 Å². The van der Waals surface area contributed by atoms with Crippen LogP contribution in [0.25, 0.3) is 0 Å². The van der Waals surface area contributed by atoms with Gasteiger partial charge in [0, 0.05) is 23.6 Å². The summed E-state index contributed by atoms with van der Waals surface area (Å²) in [7, 11) is 0. The van der Waals surface area contributed by atoms with E-state index in [0.717, 1.165) is 68.6 Å². The predicted octanol–water partition coefficient (Wildman–Crippen LogP) is 6.75. The van der Waals surface area contributed by atoms with Crippen molar-refractivity contribution in [1.82, 2.24) is 5.32 Å². The van der Waals surface area contributed by atoms with Crippen molar-refractivity contribution >= 4 is 5.69 Å². The lowest BCUT2D eigenvalue weighted by Crippen LogP contribution is -2.13. The maximum atomic E-state index is 4.14. The standard InChI is InChI=1S/C24H36N2/c1-7-17-25-21(5)9-8-10-22(6)26-24-15-13-23(14-16-24)12-11-20(4)18-19(2)3/h13-16,25-26H,2,4-12,17-18H2,1,3H3. The minimum atomic E-state index is 0.930. The fraction of sp³-hybridized carbons (Fsp3) is 0.417. The Morgan fingerprint density at radius 2 is 1.58 bits per heavy atom. The molecule has 2 nitrogen and oxygen atoms in total. The number of hydrogen-bond donors (Lipinski definition) is 2. The molecule has 0 heterocycles. The minimum absolute atomic E-state index is 0.930. The largest absolute Gasteiger partial charge is 0.389 e. The molecule has 0 saturated carbocycles. The van der Waals surface area contributed by atoms with Crippen LogP contribution in [0.3, 0.4) is 0 Å². The lowest BCUT2D eigenvalue weighted by molar-refractivity contribution is 0.699. The molecule has 0 spiro atoms. The zero-order chi connectivity index (χ0) is 19.4. The Hall–Kier alpha value is -2.22. The number of hydrogen-bond acceptors (Lipinski definition) is 2. The quantitative estimate of drug-likeness (QED) is 0.362. The van der Waals surface area contributed by atoms with Crippen molar-refractivity contribution in [3.63, 3.8) is 0 Å². The molecule has 1 aromatic carbocycles. The van der Waals surface area contributed by atoms with E-state index >= 15 is 0 Å². The maximum Gasteiger partial charge on any atom is 0.0381 e. The summed E-state index contributed by atoms with van der Waals surface area (Å²) in [5.41, 5.74) is 7.04. The van der Waals surface area contributed by atoms with E-state index < -0.39 is 0 Å². The zero-order valence-corrected chi connectivity index (χ0v) is 16.8. The lowest BCUT2D eigenvalue weighted by atomic mass is 10.0. The molecular weight excluding hydrogens is 316 g/mol. The van der Waals surface area contributed by atoms with Crippen LogP contribution in [-0.4, -0.2) is 6.54 Å². The third-order valence-electron chi connectivity index (χ3n) is 4.18. The van der Waals surface area contributed by atoms with Gasteiger partial charge in [-0.2, -0.15) is 0 Å². The van der Waals surface area contributed by atoms with Crippen LogP contribution in [-0.2, 0) is 6.42 Å². The molecule has 0 aliphatic heterocycles. The fourth-order valence-electron chi connectivity index (χ4n) is 2.76. The Bertz CT molecular complexity index is 608. The molecule has 0 bridgehead atoms. The molecular formula is C24H36N2. The Kier molecular flexibility index (Phi) is 10.2. The highest BCUT2D eigenvalue weighted by molar-refractivity contribution is 5.48. The van der Waals surface area contributed by atoms with Crippen LogP contribution in [0.15, 0.2) is 73.1 Å². The van der Waals surface area contributed by atoms with E-state index in [1.807, 2.05) is 0 Å². The smallest absolute Gasteiger partial charge is 0.0381 e. The van der Waals surface area contributed by atoms with E-state index in [2.05, 4.69) is 75.1 Å². The Morgan fingerprint density at radius 3 is 2.19 bits per heavy atom. The Balaban J connectivity index is 2.30. The van der Waals surface area contributed by atoms with Crippen molar-refractivity contribution in [2.75, 3.05) is 11.9 Å². The lowest BCUT2D eigenvalue weighted by Gasteiger charge is -2.12.